The minimum absolute atomic E-state index is 0.196. The third kappa shape index (κ3) is 3.63. The van der Waals surface area contributed by atoms with Crippen LogP contribution in [-0.2, 0) is 9.53 Å². The minimum atomic E-state index is -0.544. The Hall–Kier alpha value is -2.75. The second-order valence-electron chi connectivity index (χ2n) is 4.28. The summed E-state index contributed by atoms with van der Waals surface area (Å²) in [4.78, 5) is 23.6. The highest BCUT2D eigenvalue weighted by Crippen LogP contribution is 2.18. The number of hydrogen-bond donors (Lipinski definition) is 0. The number of benzene rings is 2. The van der Waals surface area contributed by atoms with Crippen LogP contribution >= 0.6 is 0 Å². The molecule has 0 aliphatic rings. The van der Waals surface area contributed by atoms with Crippen LogP contribution in [0.4, 0.5) is 4.39 Å². The van der Waals surface area contributed by atoms with E-state index < -0.39 is 11.8 Å². The summed E-state index contributed by atoms with van der Waals surface area (Å²) in [7, 11) is 1.26. The van der Waals surface area contributed by atoms with Crippen LogP contribution in [0.15, 0.2) is 54.6 Å². The highest BCUT2D eigenvalue weighted by atomic mass is 19.1. The van der Waals surface area contributed by atoms with Crippen molar-refractivity contribution in [2.75, 3.05) is 7.11 Å². The molecule has 0 saturated carbocycles. The first-order chi connectivity index (χ1) is 10.1. The predicted octanol–water partition coefficient (Wildman–Crippen LogP) is 3.24. The second-order valence-corrected chi connectivity index (χ2v) is 4.28. The van der Waals surface area contributed by atoms with Gasteiger partial charge in [-0.1, -0.05) is 36.4 Å². The summed E-state index contributed by atoms with van der Waals surface area (Å²) >= 11 is 0. The van der Waals surface area contributed by atoms with Crippen molar-refractivity contribution in [3.05, 3.63) is 77.1 Å². The zero-order valence-electron chi connectivity index (χ0n) is 11.4. The molecular formula is C17H13FO3. The average molecular weight is 284 g/mol. The van der Waals surface area contributed by atoms with Gasteiger partial charge in [-0.2, -0.15) is 0 Å². The molecule has 0 bridgehead atoms. The van der Waals surface area contributed by atoms with Gasteiger partial charge in [0.1, 0.15) is 5.82 Å². The van der Waals surface area contributed by atoms with Gasteiger partial charge in [0.25, 0.3) is 0 Å². The fourth-order valence-corrected chi connectivity index (χ4v) is 1.84. The van der Waals surface area contributed by atoms with E-state index in [1.165, 1.54) is 31.4 Å². The highest BCUT2D eigenvalue weighted by molar-refractivity contribution is 6.11. The van der Waals surface area contributed by atoms with Crippen LogP contribution < -0.4 is 0 Å². The molecule has 0 spiro atoms. The third-order valence-corrected chi connectivity index (χ3v) is 2.90. The molecule has 0 aliphatic heterocycles. The standard InChI is InChI=1S/C17H13FO3/c1-21-16(19)10-8-12-7-9-14(18)11-15(12)17(20)13-5-3-2-4-6-13/h2-11H,1H3/b10-8+. The number of esters is 1. The van der Waals surface area contributed by atoms with E-state index in [1.807, 2.05) is 0 Å². The van der Waals surface area contributed by atoms with Gasteiger partial charge in [0, 0.05) is 17.2 Å². The largest absolute Gasteiger partial charge is 0.466 e. The quantitative estimate of drug-likeness (QED) is 0.492. The first-order valence-corrected chi connectivity index (χ1v) is 6.27. The number of halogens is 1. The zero-order chi connectivity index (χ0) is 15.2. The molecule has 106 valence electrons. The summed E-state index contributed by atoms with van der Waals surface area (Å²) in [6, 6.07) is 12.4. The molecule has 0 unspecified atom stereocenters. The van der Waals surface area contributed by atoms with Crippen molar-refractivity contribution in [1.29, 1.82) is 0 Å². The van der Waals surface area contributed by atoms with Crippen molar-refractivity contribution >= 4 is 17.8 Å². The van der Waals surface area contributed by atoms with Crippen LogP contribution in [0.3, 0.4) is 0 Å². The number of ketones is 1. The predicted molar refractivity (Wildman–Crippen MR) is 77.3 cm³/mol. The molecule has 0 aromatic heterocycles. The van der Waals surface area contributed by atoms with Gasteiger partial charge in [0.05, 0.1) is 7.11 Å². The molecule has 4 heteroatoms. The van der Waals surface area contributed by atoms with Crippen molar-refractivity contribution < 1.29 is 18.7 Å². The lowest BCUT2D eigenvalue weighted by Gasteiger charge is -2.06. The number of hydrogen-bond acceptors (Lipinski definition) is 3. The summed E-state index contributed by atoms with van der Waals surface area (Å²) in [6.07, 6.45) is 2.62. The molecule has 0 heterocycles. The van der Waals surface area contributed by atoms with Crippen molar-refractivity contribution in [3.63, 3.8) is 0 Å². The topological polar surface area (TPSA) is 43.4 Å². The lowest BCUT2D eigenvalue weighted by Crippen LogP contribution is -2.04. The van der Waals surface area contributed by atoms with Crippen LogP contribution in [0.5, 0.6) is 0 Å². The van der Waals surface area contributed by atoms with Gasteiger partial charge in [-0.3, -0.25) is 4.79 Å². The van der Waals surface area contributed by atoms with E-state index >= 15 is 0 Å². The van der Waals surface area contributed by atoms with E-state index in [4.69, 9.17) is 0 Å². The lowest BCUT2D eigenvalue weighted by molar-refractivity contribution is -0.134. The Balaban J connectivity index is 2.42. The van der Waals surface area contributed by atoms with Gasteiger partial charge in [-0.05, 0) is 23.8 Å². The fraction of sp³-hybridized carbons (Fsp3) is 0.0588. The smallest absolute Gasteiger partial charge is 0.330 e. The second kappa shape index (κ2) is 6.61. The molecule has 21 heavy (non-hydrogen) atoms. The molecule has 0 amide bonds. The summed E-state index contributed by atoms with van der Waals surface area (Å²) < 4.78 is 17.9. The Kier molecular flexibility index (Phi) is 4.61. The lowest BCUT2D eigenvalue weighted by atomic mass is 9.98. The van der Waals surface area contributed by atoms with Crippen LogP contribution in [0.25, 0.3) is 6.08 Å². The summed E-state index contributed by atoms with van der Waals surface area (Å²) in [6.45, 7) is 0. The molecule has 2 rings (SSSR count). The SMILES string of the molecule is COC(=O)/C=C/c1ccc(F)cc1C(=O)c1ccccc1. The summed E-state index contributed by atoms with van der Waals surface area (Å²) in [5, 5.41) is 0. The Morgan fingerprint density at radius 2 is 1.81 bits per heavy atom. The first-order valence-electron chi connectivity index (χ1n) is 6.27. The Bertz CT molecular complexity index is 690. The molecule has 0 fully saturated rings. The van der Waals surface area contributed by atoms with Gasteiger partial charge in [0.2, 0.25) is 0 Å². The molecule has 0 atom stereocenters. The van der Waals surface area contributed by atoms with E-state index in [9.17, 15) is 14.0 Å². The zero-order valence-corrected chi connectivity index (χ0v) is 11.4. The van der Waals surface area contributed by atoms with E-state index in [0.717, 1.165) is 6.07 Å². The van der Waals surface area contributed by atoms with Crippen LogP contribution in [0, 0.1) is 5.82 Å². The molecule has 3 nitrogen and oxygen atoms in total. The first kappa shape index (κ1) is 14.7. The van der Waals surface area contributed by atoms with E-state index in [2.05, 4.69) is 4.74 Å². The van der Waals surface area contributed by atoms with E-state index in [0.29, 0.717) is 11.1 Å². The van der Waals surface area contributed by atoms with Crippen LogP contribution in [0.2, 0.25) is 0 Å². The third-order valence-electron chi connectivity index (χ3n) is 2.90. The van der Waals surface area contributed by atoms with Crippen molar-refractivity contribution in [1.82, 2.24) is 0 Å². The van der Waals surface area contributed by atoms with Crippen molar-refractivity contribution in [2.24, 2.45) is 0 Å². The average Bonchev–Trinajstić information content (AvgIpc) is 2.53. The molecule has 0 aliphatic carbocycles. The van der Waals surface area contributed by atoms with Crippen LogP contribution in [0.1, 0.15) is 21.5 Å². The Morgan fingerprint density at radius 1 is 1.10 bits per heavy atom. The van der Waals surface area contributed by atoms with Gasteiger partial charge in [0.15, 0.2) is 5.78 Å². The molecule has 0 saturated heterocycles. The van der Waals surface area contributed by atoms with Crippen LogP contribution in [-0.4, -0.2) is 18.9 Å². The number of carbonyl (C=O) groups is 2. The molecule has 0 radical (unpaired) electrons. The Labute approximate surface area is 121 Å². The molecule has 2 aromatic carbocycles. The summed E-state index contributed by atoms with van der Waals surface area (Å²) in [5.74, 6) is -1.36. The van der Waals surface area contributed by atoms with Gasteiger partial charge in [-0.15, -0.1) is 0 Å². The maximum absolute atomic E-state index is 13.4. The molecule has 2 aromatic rings. The fourth-order valence-electron chi connectivity index (χ4n) is 1.84. The van der Waals surface area contributed by atoms with Crippen molar-refractivity contribution in [3.8, 4) is 0 Å². The number of methoxy groups -OCH3 is 1. The minimum Gasteiger partial charge on any atom is -0.466 e. The molecular weight excluding hydrogens is 271 g/mol. The Morgan fingerprint density at radius 3 is 2.48 bits per heavy atom. The van der Waals surface area contributed by atoms with E-state index in [1.54, 1.807) is 30.3 Å². The van der Waals surface area contributed by atoms with Gasteiger partial charge in [-0.25, -0.2) is 9.18 Å². The number of rotatable bonds is 4. The maximum Gasteiger partial charge on any atom is 0.330 e. The monoisotopic (exact) mass is 284 g/mol. The number of carbonyl (C=O) groups excluding carboxylic acids is 2. The maximum atomic E-state index is 13.4. The highest BCUT2D eigenvalue weighted by Gasteiger charge is 2.13. The molecule has 0 N–H and O–H groups in total. The van der Waals surface area contributed by atoms with Crippen molar-refractivity contribution in [2.45, 2.75) is 0 Å². The summed E-state index contributed by atoms with van der Waals surface area (Å²) in [5.41, 5.74) is 1.10. The van der Waals surface area contributed by atoms with Gasteiger partial charge < -0.3 is 4.74 Å². The van der Waals surface area contributed by atoms with Gasteiger partial charge >= 0.3 is 5.97 Å². The number of ether oxygens (including phenoxy) is 1. The van der Waals surface area contributed by atoms with E-state index in [-0.39, 0.29) is 11.3 Å². The normalized spacial score (nSPS) is 10.6.